The maximum absolute atomic E-state index is 11.8. The molecule has 2 N–H and O–H groups in total. The molecule has 1 rings (SSSR count). The summed E-state index contributed by atoms with van der Waals surface area (Å²) >= 11 is 0. The molecule has 8 nitrogen and oxygen atoms in total. The predicted octanol–water partition coefficient (Wildman–Crippen LogP) is 0.848. The Balaban J connectivity index is 2.38. The summed E-state index contributed by atoms with van der Waals surface area (Å²) in [7, 11) is 1.57. The molecule has 0 heterocycles. The van der Waals surface area contributed by atoms with E-state index in [1.807, 2.05) is 0 Å². The van der Waals surface area contributed by atoms with Gasteiger partial charge in [0.1, 0.15) is 6.42 Å². The van der Waals surface area contributed by atoms with Crippen molar-refractivity contribution in [3.05, 3.63) is 29.8 Å². The first-order valence-corrected chi connectivity index (χ1v) is 7.26. The summed E-state index contributed by atoms with van der Waals surface area (Å²) in [5.41, 5.74) is 0.711. The smallest absolute Gasteiger partial charge is 0.338 e. The van der Waals surface area contributed by atoms with Crippen LogP contribution >= 0.6 is 0 Å². The minimum Gasteiger partial charge on any atom is -0.452 e. The highest BCUT2D eigenvalue weighted by Gasteiger charge is 2.10. The Labute approximate surface area is 139 Å². The molecule has 2 amide bonds. The third-order valence-corrected chi connectivity index (χ3v) is 2.83. The number of nitrogens with zero attached hydrogens (tertiary/aromatic N) is 1. The summed E-state index contributed by atoms with van der Waals surface area (Å²) in [4.78, 5) is 34.5. The van der Waals surface area contributed by atoms with Gasteiger partial charge >= 0.3 is 5.97 Å². The van der Waals surface area contributed by atoms with Crippen LogP contribution in [0.5, 0.6) is 0 Å². The highest BCUT2D eigenvalue weighted by Crippen LogP contribution is 2.10. The van der Waals surface area contributed by atoms with Crippen molar-refractivity contribution in [3.8, 4) is 6.07 Å². The number of nitrogens with one attached hydrogen (secondary N) is 2. The molecule has 0 atom stereocenters. The fourth-order valence-corrected chi connectivity index (χ4v) is 1.68. The van der Waals surface area contributed by atoms with Crippen molar-refractivity contribution in [3.63, 3.8) is 0 Å². The lowest BCUT2D eigenvalue weighted by Gasteiger charge is -2.07. The Kier molecular flexibility index (Phi) is 8.57. The van der Waals surface area contributed by atoms with Gasteiger partial charge in [0.05, 0.1) is 11.6 Å². The van der Waals surface area contributed by atoms with Gasteiger partial charge in [-0.3, -0.25) is 9.59 Å². The molecule has 0 saturated heterocycles. The Morgan fingerprint density at radius 3 is 2.50 bits per heavy atom. The van der Waals surface area contributed by atoms with Crippen LogP contribution in [0.3, 0.4) is 0 Å². The second-order valence-electron chi connectivity index (χ2n) is 4.73. The molecule has 8 heteroatoms. The molecule has 1 aromatic rings. The van der Waals surface area contributed by atoms with Gasteiger partial charge in [0.25, 0.3) is 5.91 Å². The molecule has 0 aromatic heterocycles. The lowest BCUT2D eigenvalue weighted by Crippen LogP contribution is -2.30. The van der Waals surface area contributed by atoms with Gasteiger partial charge in [-0.25, -0.2) is 4.79 Å². The van der Waals surface area contributed by atoms with Crippen LogP contribution in [0.4, 0.5) is 5.69 Å². The molecule has 0 aliphatic carbocycles. The van der Waals surface area contributed by atoms with Gasteiger partial charge in [0.2, 0.25) is 5.91 Å². The number of anilines is 1. The molecule has 0 spiro atoms. The summed E-state index contributed by atoms with van der Waals surface area (Å²) < 4.78 is 9.74. The molecule has 0 aliphatic heterocycles. The fraction of sp³-hybridized carbons (Fsp3) is 0.375. The van der Waals surface area contributed by atoms with Crippen LogP contribution in [0.25, 0.3) is 0 Å². The van der Waals surface area contributed by atoms with Gasteiger partial charge in [-0.05, 0) is 30.7 Å². The highest BCUT2D eigenvalue weighted by molar-refractivity contribution is 5.94. The first-order chi connectivity index (χ1) is 11.6. The van der Waals surface area contributed by atoms with Crippen LogP contribution in [0, 0.1) is 11.3 Å². The van der Waals surface area contributed by atoms with Crippen molar-refractivity contribution >= 4 is 23.5 Å². The summed E-state index contributed by atoms with van der Waals surface area (Å²) in [5, 5.41) is 13.5. The van der Waals surface area contributed by atoms with Crippen molar-refractivity contribution in [1.29, 1.82) is 5.26 Å². The van der Waals surface area contributed by atoms with E-state index in [0.717, 1.165) is 0 Å². The second-order valence-corrected chi connectivity index (χ2v) is 4.73. The number of hydrogen-bond donors (Lipinski definition) is 2. The maximum Gasteiger partial charge on any atom is 0.338 e. The van der Waals surface area contributed by atoms with Crippen LogP contribution in [0.1, 0.15) is 23.2 Å². The fourth-order valence-electron chi connectivity index (χ4n) is 1.68. The number of ether oxygens (including phenoxy) is 2. The Hall–Kier alpha value is -2.92. The van der Waals surface area contributed by atoms with Gasteiger partial charge in [0, 0.05) is 25.9 Å². The van der Waals surface area contributed by atoms with Gasteiger partial charge in [-0.2, -0.15) is 5.26 Å². The molecule has 0 fully saturated rings. The van der Waals surface area contributed by atoms with E-state index in [2.05, 4.69) is 10.6 Å². The monoisotopic (exact) mass is 333 g/mol. The van der Waals surface area contributed by atoms with E-state index in [1.165, 1.54) is 24.3 Å². The average Bonchev–Trinajstić information content (AvgIpc) is 2.57. The van der Waals surface area contributed by atoms with E-state index in [0.29, 0.717) is 25.3 Å². The van der Waals surface area contributed by atoms with Crippen molar-refractivity contribution in [2.24, 2.45) is 0 Å². The molecule has 1 aromatic carbocycles. The van der Waals surface area contributed by atoms with Crippen LogP contribution in [0.15, 0.2) is 24.3 Å². The lowest BCUT2D eigenvalue weighted by molar-refractivity contribution is -0.124. The second kappa shape index (κ2) is 10.7. The van der Waals surface area contributed by atoms with Crippen molar-refractivity contribution in [1.82, 2.24) is 5.32 Å². The van der Waals surface area contributed by atoms with Gasteiger partial charge in [0.15, 0.2) is 6.61 Å². The van der Waals surface area contributed by atoms with Gasteiger partial charge in [-0.1, -0.05) is 0 Å². The first kappa shape index (κ1) is 19.1. The van der Waals surface area contributed by atoms with E-state index >= 15 is 0 Å². The molecule has 0 unspecified atom stereocenters. The quantitative estimate of drug-likeness (QED) is 0.511. The van der Waals surface area contributed by atoms with Crippen molar-refractivity contribution < 1.29 is 23.9 Å². The summed E-state index contributed by atoms with van der Waals surface area (Å²) in [5.74, 6) is -1.46. The van der Waals surface area contributed by atoms with Gasteiger partial charge in [-0.15, -0.1) is 0 Å². The molecule has 0 aliphatic rings. The molecular formula is C16H19N3O5. The van der Waals surface area contributed by atoms with Crippen LogP contribution in [0.2, 0.25) is 0 Å². The third kappa shape index (κ3) is 7.38. The van der Waals surface area contributed by atoms with Crippen LogP contribution in [-0.2, 0) is 19.1 Å². The van der Waals surface area contributed by atoms with E-state index in [9.17, 15) is 14.4 Å². The molecule has 128 valence electrons. The summed E-state index contributed by atoms with van der Waals surface area (Å²) in [6.07, 6.45) is 0.429. The molecule has 24 heavy (non-hydrogen) atoms. The Morgan fingerprint density at radius 2 is 1.88 bits per heavy atom. The molecule has 0 radical (unpaired) electrons. The topological polar surface area (TPSA) is 118 Å². The van der Waals surface area contributed by atoms with E-state index in [-0.39, 0.29) is 24.5 Å². The normalized spacial score (nSPS) is 9.67. The number of esters is 1. The molecule has 0 bridgehead atoms. The number of carbonyl (C=O) groups is 3. The zero-order chi connectivity index (χ0) is 17.8. The zero-order valence-electron chi connectivity index (χ0n) is 13.3. The highest BCUT2D eigenvalue weighted by atomic mass is 16.5. The zero-order valence-corrected chi connectivity index (χ0v) is 13.3. The predicted molar refractivity (Wildman–Crippen MR) is 85.1 cm³/mol. The summed E-state index contributed by atoms with van der Waals surface area (Å²) in [6.45, 7) is 0.616. The number of nitriles is 1. The minimum atomic E-state index is -0.642. The summed E-state index contributed by atoms with van der Waals surface area (Å²) in [6, 6.07) is 7.67. The largest absolute Gasteiger partial charge is 0.452 e. The standard InChI is InChI=1S/C16H19N3O5/c1-23-10-2-9-18-15(21)11-24-16(22)12-3-5-13(6-4-12)19-14(20)7-8-17/h3-6H,2,7,9-11H2,1H3,(H,18,21)(H,19,20). The number of carbonyl (C=O) groups excluding carboxylic acids is 3. The third-order valence-electron chi connectivity index (χ3n) is 2.83. The number of methoxy groups -OCH3 is 1. The number of benzene rings is 1. The van der Waals surface area contributed by atoms with Crippen molar-refractivity contribution in [2.75, 3.05) is 32.2 Å². The number of amides is 2. The minimum absolute atomic E-state index is 0.247. The Morgan fingerprint density at radius 1 is 1.17 bits per heavy atom. The number of rotatable bonds is 9. The number of hydrogen-bond acceptors (Lipinski definition) is 6. The molecular weight excluding hydrogens is 314 g/mol. The Bertz CT molecular complexity index is 607. The average molecular weight is 333 g/mol. The van der Waals surface area contributed by atoms with E-state index < -0.39 is 11.9 Å². The van der Waals surface area contributed by atoms with Crippen molar-refractivity contribution in [2.45, 2.75) is 12.8 Å². The maximum atomic E-state index is 11.8. The van der Waals surface area contributed by atoms with Gasteiger partial charge < -0.3 is 20.1 Å². The SMILES string of the molecule is COCCCNC(=O)COC(=O)c1ccc(NC(=O)CC#N)cc1. The van der Waals surface area contributed by atoms with E-state index in [1.54, 1.807) is 13.2 Å². The lowest BCUT2D eigenvalue weighted by atomic mass is 10.2. The molecule has 0 saturated carbocycles. The first-order valence-electron chi connectivity index (χ1n) is 7.26. The van der Waals surface area contributed by atoms with Crippen LogP contribution < -0.4 is 10.6 Å². The van der Waals surface area contributed by atoms with E-state index in [4.69, 9.17) is 14.7 Å². The van der Waals surface area contributed by atoms with Crippen LogP contribution in [-0.4, -0.2) is 44.7 Å².